The Kier molecular flexibility index (Phi) is 4.95. The van der Waals surface area contributed by atoms with Gasteiger partial charge in [0, 0.05) is 18.2 Å². The first kappa shape index (κ1) is 17.8. The van der Waals surface area contributed by atoms with Gasteiger partial charge in [0.15, 0.2) is 0 Å². The van der Waals surface area contributed by atoms with Crippen molar-refractivity contribution in [2.75, 3.05) is 6.26 Å². The summed E-state index contributed by atoms with van der Waals surface area (Å²) in [7, 11) is 0. The van der Waals surface area contributed by atoms with E-state index in [1.165, 1.54) is 12.8 Å². The maximum absolute atomic E-state index is 12.8. The number of aromatic nitrogens is 2. The molecule has 0 saturated heterocycles. The summed E-state index contributed by atoms with van der Waals surface area (Å²) in [6.07, 6.45) is 13.6. The number of rotatable bonds is 7. The summed E-state index contributed by atoms with van der Waals surface area (Å²) in [6.45, 7) is 1.96. The lowest BCUT2D eigenvalue weighted by molar-refractivity contribution is 0.0708. The highest BCUT2D eigenvalue weighted by Gasteiger charge is 2.47. The van der Waals surface area contributed by atoms with Crippen LogP contribution in [0.1, 0.15) is 74.0 Å². The Morgan fingerprint density at radius 3 is 2.77 bits per heavy atom. The van der Waals surface area contributed by atoms with E-state index in [0.717, 1.165) is 43.8 Å². The monoisotopic (exact) mass is 373 g/mol. The van der Waals surface area contributed by atoms with Gasteiger partial charge >= 0.3 is 0 Å². The SMILES string of the molecule is CS/C=C/C(C)NC(=O)c1cnc(C2CC2)nc1OC12CCC(CC1)C2. The highest BCUT2D eigenvalue weighted by molar-refractivity contribution is 8.01. The highest BCUT2D eigenvalue weighted by atomic mass is 32.2. The Morgan fingerprint density at radius 1 is 1.38 bits per heavy atom. The molecule has 3 aliphatic rings. The second-order valence-electron chi connectivity index (χ2n) is 7.98. The Hall–Kier alpha value is -1.56. The summed E-state index contributed by atoms with van der Waals surface area (Å²) in [5, 5.41) is 4.98. The van der Waals surface area contributed by atoms with E-state index >= 15 is 0 Å². The quantitative estimate of drug-likeness (QED) is 0.781. The molecular weight excluding hydrogens is 346 g/mol. The molecule has 3 fully saturated rings. The first-order valence-electron chi connectivity index (χ1n) is 9.65. The maximum Gasteiger partial charge on any atom is 0.258 e. The molecule has 140 valence electrons. The summed E-state index contributed by atoms with van der Waals surface area (Å²) in [5.74, 6) is 2.38. The number of hydrogen-bond acceptors (Lipinski definition) is 5. The van der Waals surface area contributed by atoms with Gasteiger partial charge in [-0.2, -0.15) is 4.98 Å². The number of fused-ring (bicyclic) bond motifs is 2. The topological polar surface area (TPSA) is 64.1 Å². The molecule has 3 saturated carbocycles. The first-order valence-corrected chi connectivity index (χ1v) is 10.9. The molecule has 26 heavy (non-hydrogen) atoms. The lowest BCUT2D eigenvalue weighted by Gasteiger charge is -2.28. The Morgan fingerprint density at radius 2 is 2.15 bits per heavy atom. The number of carbonyl (C=O) groups excluding carboxylic acids is 1. The van der Waals surface area contributed by atoms with Crippen molar-refractivity contribution in [1.82, 2.24) is 15.3 Å². The average Bonchev–Trinajstić information content (AvgIpc) is 3.31. The smallest absolute Gasteiger partial charge is 0.258 e. The van der Waals surface area contributed by atoms with E-state index in [2.05, 4.69) is 15.3 Å². The third-order valence-corrected chi connectivity index (χ3v) is 6.24. The normalized spacial score (nSPS) is 28.5. The average molecular weight is 374 g/mol. The summed E-state index contributed by atoms with van der Waals surface area (Å²) < 4.78 is 6.45. The minimum Gasteiger partial charge on any atom is -0.470 e. The Bertz CT molecular complexity index is 709. The molecule has 2 bridgehead atoms. The predicted molar refractivity (Wildman–Crippen MR) is 104 cm³/mol. The fraction of sp³-hybridized carbons (Fsp3) is 0.650. The molecular formula is C20H27N3O2S. The van der Waals surface area contributed by atoms with Crippen LogP contribution in [0.2, 0.25) is 0 Å². The van der Waals surface area contributed by atoms with E-state index in [1.807, 2.05) is 24.7 Å². The number of nitrogens with zero attached hydrogens (tertiary/aromatic N) is 2. The van der Waals surface area contributed by atoms with Crippen LogP contribution >= 0.6 is 11.8 Å². The van der Waals surface area contributed by atoms with Crippen LogP contribution in [0.4, 0.5) is 0 Å². The first-order chi connectivity index (χ1) is 12.6. The minimum absolute atomic E-state index is 0.0496. The second kappa shape index (κ2) is 7.22. The number of amides is 1. The van der Waals surface area contributed by atoms with Crippen LogP contribution in [-0.4, -0.2) is 33.8 Å². The van der Waals surface area contributed by atoms with Gasteiger partial charge in [0.25, 0.3) is 5.91 Å². The van der Waals surface area contributed by atoms with Gasteiger partial charge in [-0.3, -0.25) is 4.79 Å². The van der Waals surface area contributed by atoms with Crippen molar-refractivity contribution in [3.63, 3.8) is 0 Å². The maximum atomic E-state index is 12.8. The summed E-state index contributed by atoms with van der Waals surface area (Å²) >= 11 is 1.62. The molecule has 0 aliphatic heterocycles. The van der Waals surface area contributed by atoms with Gasteiger partial charge in [-0.1, -0.05) is 6.08 Å². The van der Waals surface area contributed by atoms with Gasteiger partial charge in [-0.15, -0.1) is 11.8 Å². The molecule has 1 heterocycles. The van der Waals surface area contributed by atoms with Gasteiger partial charge in [0.2, 0.25) is 5.88 Å². The lowest BCUT2D eigenvalue weighted by atomic mass is 9.97. The molecule has 1 aromatic heterocycles. The Labute approximate surface area is 159 Å². The molecule has 0 aromatic carbocycles. The predicted octanol–water partition coefficient (Wildman–Crippen LogP) is 4.06. The molecule has 1 unspecified atom stereocenters. The van der Waals surface area contributed by atoms with Crippen molar-refractivity contribution < 1.29 is 9.53 Å². The highest BCUT2D eigenvalue weighted by Crippen LogP contribution is 2.50. The second-order valence-corrected chi connectivity index (χ2v) is 8.72. The van der Waals surface area contributed by atoms with Crippen molar-refractivity contribution in [3.05, 3.63) is 29.1 Å². The van der Waals surface area contributed by atoms with Crippen molar-refractivity contribution >= 4 is 17.7 Å². The standard InChI is InChI=1S/C20H27N3O2S/c1-13(7-10-26-2)22-18(24)16-12-21-17(15-3-4-15)23-19(16)25-20-8-5-14(11-20)6-9-20/h7,10,12-15H,3-6,8-9,11H2,1-2H3,(H,22,24)/b10-7+. The van der Waals surface area contributed by atoms with E-state index in [9.17, 15) is 4.79 Å². The molecule has 5 nitrogen and oxygen atoms in total. The third kappa shape index (κ3) is 3.75. The number of carbonyl (C=O) groups is 1. The van der Waals surface area contributed by atoms with Gasteiger partial charge < -0.3 is 10.1 Å². The van der Waals surface area contributed by atoms with Gasteiger partial charge in [-0.05, 0) is 69.5 Å². The van der Waals surface area contributed by atoms with Crippen LogP contribution in [0.15, 0.2) is 17.7 Å². The number of hydrogen-bond donors (Lipinski definition) is 1. The zero-order valence-corrected chi connectivity index (χ0v) is 16.3. The molecule has 1 aromatic rings. The summed E-state index contributed by atoms with van der Waals surface area (Å²) in [6, 6.07) is -0.0496. The van der Waals surface area contributed by atoms with Crippen LogP contribution in [0.25, 0.3) is 0 Å². The molecule has 0 spiro atoms. The van der Waals surface area contributed by atoms with Crippen molar-refractivity contribution in [3.8, 4) is 5.88 Å². The molecule has 3 aliphatic carbocycles. The van der Waals surface area contributed by atoms with Gasteiger partial charge in [0.1, 0.15) is 17.0 Å². The van der Waals surface area contributed by atoms with Crippen molar-refractivity contribution in [2.24, 2.45) is 5.92 Å². The number of ether oxygens (including phenoxy) is 1. The number of thioether (sulfide) groups is 1. The van der Waals surface area contributed by atoms with Crippen molar-refractivity contribution in [1.29, 1.82) is 0 Å². The van der Waals surface area contributed by atoms with Gasteiger partial charge in [0.05, 0.1) is 0 Å². The summed E-state index contributed by atoms with van der Waals surface area (Å²) in [5.41, 5.74) is 0.350. The largest absolute Gasteiger partial charge is 0.470 e. The minimum atomic E-state index is -0.162. The van der Waals surface area contributed by atoms with Crippen LogP contribution in [0.5, 0.6) is 5.88 Å². The van der Waals surface area contributed by atoms with E-state index < -0.39 is 0 Å². The number of nitrogens with one attached hydrogen (secondary N) is 1. The Balaban J connectivity index is 1.56. The fourth-order valence-corrected chi connectivity index (χ4v) is 4.56. The molecule has 0 radical (unpaired) electrons. The third-order valence-electron chi connectivity index (χ3n) is 5.81. The zero-order chi connectivity index (χ0) is 18.1. The van der Waals surface area contributed by atoms with Crippen molar-refractivity contribution in [2.45, 2.75) is 69.4 Å². The van der Waals surface area contributed by atoms with E-state index in [0.29, 0.717) is 17.4 Å². The van der Waals surface area contributed by atoms with Crippen LogP contribution in [0, 0.1) is 5.92 Å². The molecule has 1 atom stereocenters. The van der Waals surface area contributed by atoms with E-state index in [1.54, 1.807) is 18.0 Å². The van der Waals surface area contributed by atoms with Crippen LogP contribution < -0.4 is 10.1 Å². The van der Waals surface area contributed by atoms with Crippen LogP contribution in [-0.2, 0) is 0 Å². The van der Waals surface area contributed by atoms with E-state index in [4.69, 9.17) is 4.74 Å². The molecule has 1 amide bonds. The van der Waals surface area contributed by atoms with E-state index in [-0.39, 0.29) is 17.6 Å². The molecule has 4 rings (SSSR count). The van der Waals surface area contributed by atoms with Gasteiger partial charge in [-0.25, -0.2) is 4.98 Å². The fourth-order valence-electron chi connectivity index (χ4n) is 4.17. The summed E-state index contributed by atoms with van der Waals surface area (Å²) in [4.78, 5) is 21.9. The molecule has 1 N–H and O–H groups in total. The lowest BCUT2D eigenvalue weighted by Crippen LogP contribution is -2.35. The van der Waals surface area contributed by atoms with Crippen LogP contribution in [0.3, 0.4) is 0 Å². The zero-order valence-electron chi connectivity index (χ0n) is 15.5. The molecule has 6 heteroatoms.